The highest BCUT2D eigenvalue weighted by Gasteiger charge is 1.89. The number of pyridine rings is 1. The maximum Gasteiger partial charge on any atom is 0.249 e. The predicted octanol–water partition coefficient (Wildman–Crippen LogP) is 0.169. The zero-order valence-corrected chi connectivity index (χ0v) is 6.71. The van der Waals surface area contributed by atoms with Crippen molar-refractivity contribution in [2.45, 2.75) is 6.42 Å². The van der Waals surface area contributed by atoms with Gasteiger partial charge in [-0.3, -0.25) is 4.79 Å². The molecule has 1 rings (SSSR count). The molecule has 0 aliphatic heterocycles. The highest BCUT2D eigenvalue weighted by Crippen LogP contribution is 1.96. The summed E-state index contributed by atoms with van der Waals surface area (Å²) in [4.78, 5) is 13.4. The van der Waals surface area contributed by atoms with E-state index in [9.17, 15) is 4.79 Å². The van der Waals surface area contributed by atoms with Crippen LogP contribution < -0.4 is 10.9 Å². The molecule has 0 amide bonds. The fourth-order valence-corrected chi connectivity index (χ4v) is 0.853. The molecule has 1 aromatic rings. The van der Waals surface area contributed by atoms with Crippen molar-refractivity contribution in [2.24, 2.45) is 0 Å². The van der Waals surface area contributed by atoms with Crippen molar-refractivity contribution in [3.05, 3.63) is 28.6 Å². The van der Waals surface area contributed by atoms with E-state index in [-0.39, 0.29) is 12.2 Å². The molecule has 1 aromatic heterocycles. The van der Waals surface area contributed by atoms with Crippen molar-refractivity contribution in [1.82, 2.24) is 4.98 Å². The van der Waals surface area contributed by atoms with Gasteiger partial charge >= 0.3 is 0 Å². The molecule has 1 heterocycles. The van der Waals surface area contributed by atoms with Crippen LogP contribution in [0.5, 0.6) is 0 Å². The Labute approximate surface area is 70.3 Å². The minimum Gasteiger partial charge on any atom is -0.396 e. The van der Waals surface area contributed by atoms with Gasteiger partial charge in [-0.05, 0) is 12.5 Å². The first-order chi connectivity index (χ1) is 5.83. The molecule has 66 valence electrons. The molecule has 0 fully saturated rings. The summed E-state index contributed by atoms with van der Waals surface area (Å²) in [7, 11) is 0. The van der Waals surface area contributed by atoms with Crippen LogP contribution in [0.2, 0.25) is 0 Å². The van der Waals surface area contributed by atoms with Gasteiger partial charge in [0, 0.05) is 19.2 Å². The molecule has 0 atom stereocenters. The molecular weight excluding hydrogens is 156 g/mol. The minimum absolute atomic E-state index is 0.121. The molecule has 0 bridgehead atoms. The summed E-state index contributed by atoms with van der Waals surface area (Å²) in [6.07, 6.45) is 0.678. The average Bonchev–Trinajstić information content (AvgIpc) is 2.05. The van der Waals surface area contributed by atoms with E-state index in [2.05, 4.69) is 10.3 Å². The molecule has 0 saturated carbocycles. The second kappa shape index (κ2) is 4.56. The van der Waals surface area contributed by atoms with Crippen molar-refractivity contribution in [1.29, 1.82) is 0 Å². The lowest BCUT2D eigenvalue weighted by atomic mass is 10.4. The SMILES string of the molecule is O=c1cccc(NCCCO)[nH]1. The molecule has 3 N–H and O–H groups in total. The second-order valence-corrected chi connectivity index (χ2v) is 2.43. The first-order valence-electron chi connectivity index (χ1n) is 3.87. The number of aromatic amines is 1. The van der Waals surface area contributed by atoms with E-state index >= 15 is 0 Å². The molecule has 0 aromatic carbocycles. The Hall–Kier alpha value is -1.29. The Balaban J connectivity index is 2.47. The van der Waals surface area contributed by atoms with Crippen molar-refractivity contribution >= 4 is 5.82 Å². The minimum atomic E-state index is -0.121. The van der Waals surface area contributed by atoms with Crippen molar-refractivity contribution < 1.29 is 5.11 Å². The summed E-state index contributed by atoms with van der Waals surface area (Å²) >= 11 is 0. The summed E-state index contributed by atoms with van der Waals surface area (Å²) in [5, 5.41) is 11.5. The number of H-pyrrole nitrogens is 1. The topological polar surface area (TPSA) is 65.1 Å². The zero-order chi connectivity index (χ0) is 8.81. The summed E-state index contributed by atoms with van der Waals surface area (Å²) in [6.45, 7) is 0.820. The lowest BCUT2D eigenvalue weighted by Gasteiger charge is -2.02. The lowest BCUT2D eigenvalue weighted by molar-refractivity contribution is 0.292. The van der Waals surface area contributed by atoms with Gasteiger partial charge in [-0.2, -0.15) is 0 Å². The van der Waals surface area contributed by atoms with Crippen LogP contribution in [0.25, 0.3) is 0 Å². The van der Waals surface area contributed by atoms with Crippen LogP contribution in [0, 0.1) is 0 Å². The van der Waals surface area contributed by atoms with E-state index < -0.39 is 0 Å². The molecule has 0 unspecified atom stereocenters. The van der Waals surface area contributed by atoms with Crippen LogP contribution in [-0.2, 0) is 0 Å². The fourth-order valence-electron chi connectivity index (χ4n) is 0.853. The highest BCUT2D eigenvalue weighted by molar-refractivity contribution is 5.32. The van der Waals surface area contributed by atoms with Crippen LogP contribution in [0.3, 0.4) is 0 Å². The van der Waals surface area contributed by atoms with Crippen molar-refractivity contribution in [3.8, 4) is 0 Å². The summed E-state index contributed by atoms with van der Waals surface area (Å²) in [6, 6.07) is 4.91. The maximum atomic E-state index is 10.8. The Bertz CT molecular complexity index is 282. The number of aliphatic hydroxyl groups is 1. The fraction of sp³-hybridized carbons (Fsp3) is 0.375. The summed E-state index contributed by atoms with van der Waals surface area (Å²) < 4.78 is 0. The molecular formula is C8H12N2O2. The molecule has 4 nitrogen and oxygen atoms in total. The number of aromatic nitrogens is 1. The first kappa shape index (κ1) is 8.80. The van der Waals surface area contributed by atoms with E-state index in [0.29, 0.717) is 18.8 Å². The quantitative estimate of drug-likeness (QED) is 0.561. The van der Waals surface area contributed by atoms with Gasteiger partial charge in [0.25, 0.3) is 0 Å². The predicted molar refractivity (Wildman–Crippen MR) is 47.3 cm³/mol. The number of nitrogens with one attached hydrogen (secondary N) is 2. The maximum absolute atomic E-state index is 10.8. The monoisotopic (exact) mass is 168 g/mol. The van der Waals surface area contributed by atoms with E-state index in [1.807, 2.05) is 0 Å². The van der Waals surface area contributed by atoms with E-state index in [1.165, 1.54) is 6.07 Å². The van der Waals surface area contributed by atoms with Gasteiger partial charge in [0.05, 0.1) is 0 Å². The number of hydrogen-bond donors (Lipinski definition) is 3. The highest BCUT2D eigenvalue weighted by atomic mass is 16.3. The van der Waals surface area contributed by atoms with Crippen LogP contribution >= 0.6 is 0 Å². The zero-order valence-electron chi connectivity index (χ0n) is 6.71. The molecule has 0 aliphatic carbocycles. The largest absolute Gasteiger partial charge is 0.396 e. The van der Waals surface area contributed by atoms with Crippen LogP contribution in [0.15, 0.2) is 23.0 Å². The van der Waals surface area contributed by atoms with Gasteiger partial charge in [0.1, 0.15) is 5.82 Å². The lowest BCUT2D eigenvalue weighted by Crippen LogP contribution is -2.10. The van der Waals surface area contributed by atoms with E-state index in [4.69, 9.17) is 5.11 Å². The average molecular weight is 168 g/mol. The van der Waals surface area contributed by atoms with E-state index in [1.54, 1.807) is 12.1 Å². The summed E-state index contributed by atoms with van der Waals surface area (Å²) in [5.41, 5.74) is -0.121. The molecule has 0 radical (unpaired) electrons. The second-order valence-electron chi connectivity index (χ2n) is 2.43. The van der Waals surface area contributed by atoms with Crippen LogP contribution in [-0.4, -0.2) is 23.2 Å². The van der Waals surface area contributed by atoms with Gasteiger partial charge in [-0.25, -0.2) is 0 Å². The number of anilines is 1. The first-order valence-corrected chi connectivity index (χ1v) is 3.87. The molecule has 0 spiro atoms. The van der Waals surface area contributed by atoms with Gasteiger partial charge in [-0.1, -0.05) is 6.07 Å². The number of aliphatic hydroxyl groups excluding tert-OH is 1. The molecule has 0 saturated heterocycles. The normalized spacial score (nSPS) is 9.75. The van der Waals surface area contributed by atoms with E-state index in [0.717, 1.165) is 0 Å². The molecule has 0 aliphatic rings. The Morgan fingerprint density at radius 1 is 1.50 bits per heavy atom. The summed E-state index contributed by atoms with van der Waals surface area (Å²) in [5.74, 6) is 0.691. The van der Waals surface area contributed by atoms with Crippen LogP contribution in [0.4, 0.5) is 5.82 Å². The number of rotatable bonds is 4. The standard InChI is InChI=1S/C8H12N2O2/c11-6-2-5-9-7-3-1-4-8(12)10-7/h1,3-4,11H,2,5-6H2,(H2,9,10,12). The molecule has 12 heavy (non-hydrogen) atoms. The Morgan fingerprint density at radius 2 is 2.33 bits per heavy atom. The third kappa shape index (κ3) is 2.75. The van der Waals surface area contributed by atoms with Crippen molar-refractivity contribution in [3.63, 3.8) is 0 Å². The number of hydrogen-bond acceptors (Lipinski definition) is 3. The Kier molecular flexibility index (Phi) is 3.35. The van der Waals surface area contributed by atoms with Crippen molar-refractivity contribution in [2.75, 3.05) is 18.5 Å². The third-order valence-corrected chi connectivity index (χ3v) is 1.42. The third-order valence-electron chi connectivity index (χ3n) is 1.42. The smallest absolute Gasteiger partial charge is 0.249 e. The van der Waals surface area contributed by atoms with Crippen LogP contribution in [0.1, 0.15) is 6.42 Å². The van der Waals surface area contributed by atoms with Gasteiger partial charge in [0.2, 0.25) is 5.56 Å². The van der Waals surface area contributed by atoms with Gasteiger partial charge in [-0.15, -0.1) is 0 Å². The van der Waals surface area contributed by atoms with Gasteiger partial charge in [0.15, 0.2) is 0 Å². The Morgan fingerprint density at radius 3 is 3.00 bits per heavy atom. The molecule has 4 heteroatoms. The van der Waals surface area contributed by atoms with Gasteiger partial charge < -0.3 is 15.4 Å².